The van der Waals surface area contributed by atoms with Crippen LogP contribution in [0.4, 0.5) is 11.4 Å². The van der Waals surface area contributed by atoms with Crippen LogP contribution in [-0.2, 0) is 0 Å². The summed E-state index contributed by atoms with van der Waals surface area (Å²) in [4.78, 5) is 5.80. The Labute approximate surface area is 188 Å². The lowest BCUT2D eigenvalue weighted by molar-refractivity contribution is 1.19. The number of aromatic nitrogens is 1. The van der Waals surface area contributed by atoms with Crippen molar-refractivity contribution in [3.63, 3.8) is 0 Å². The maximum absolute atomic E-state index is 6.03. The van der Waals surface area contributed by atoms with E-state index in [9.17, 15) is 0 Å². The summed E-state index contributed by atoms with van der Waals surface area (Å²) in [7, 11) is 0. The molecule has 4 aromatic rings. The molecular weight excluding hydrogens is 441 g/mol. The molecule has 0 atom stereocenters. The first-order valence-corrected chi connectivity index (χ1v) is 10.7. The number of nitrogens with one attached hydrogen (secondary N) is 2. The molecule has 0 aliphatic heterocycles. The Morgan fingerprint density at radius 3 is 2.31 bits per heavy atom. The summed E-state index contributed by atoms with van der Waals surface area (Å²) < 4.78 is 0. The first-order chi connectivity index (χ1) is 14.1. The fourth-order valence-electron chi connectivity index (χ4n) is 2.70. The van der Waals surface area contributed by atoms with Crippen molar-refractivity contribution in [3.8, 4) is 0 Å². The van der Waals surface area contributed by atoms with Crippen molar-refractivity contribution in [1.82, 2.24) is 4.98 Å². The van der Waals surface area contributed by atoms with Crippen molar-refractivity contribution < 1.29 is 0 Å². The second-order valence-corrected chi connectivity index (χ2v) is 8.49. The molecule has 29 heavy (non-hydrogen) atoms. The van der Waals surface area contributed by atoms with Crippen molar-refractivity contribution in [2.75, 3.05) is 10.6 Å². The molecule has 0 aliphatic carbocycles. The smallest absolute Gasteiger partial charge is 0.175 e. The molecule has 0 spiro atoms. The van der Waals surface area contributed by atoms with Gasteiger partial charge in [-0.05, 0) is 66.8 Å². The minimum Gasteiger partial charge on any atom is -0.332 e. The van der Waals surface area contributed by atoms with E-state index in [2.05, 4.69) is 22.8 Å². The lowest BCUT2D eigenvalue weighted by atomic mass is 10.2. The van der Waals surface area contributed by atoms with Gasteiger partial charge in [0, 0.05) is 21.7 Å². The average molecular weight is 456 g/mol. The van der Waals surface area contributed by atoms with Crippen LogP contribution in [0.5, 0.6) is 0 Å². The minimum absolute atomic E-state index is 0.472. The van der Waals surface area contributed by atoms with Crippen molar-refractivity contribution >= 4 is 74.6 Å². The highest BCUT2D eigenvalue weighted by molar-refractivity contribution is 7.99. The van der Waals surface area contributed by atoms with Crippen LogP contribution in [0, 0.1) is 0 Å². The monoisotopic (exact) mass is 455 g/mol. The van der Waals surface area contributed by atoms with E-state index in [0.29, 0.717) is 15.2 Å². The van der Waals surface area contributed by atoms with Crippen LogP contribution in [0.2, 0.25) is 10.0 Å². The fraction of sp³-hybridized carbons (Fsp3) is 0. The zero-order valence-electron chi connectivity index (χ0n) is 15.0. The van der Waals surface area contributed by atoms with Crippen molar-refractivity contribution in [2.24, 2.45) is 0 Å². The van der Waals surface area contributed by atoms with Crippen LogP contribution in [0.15, 0.2) is 88.8 Å². The Hall–Kier alpha value is -2.31. The van der Waals surface area contributed by atoms with E-state index in [-0.39, 0.29) is 0 Å². The molecule has 2 N–H and O–H groups in total. The third-order valence-corrected chi connectivity index (χ3v) is 5.97. The van der Waals surface area contributed by atoms with Crippen molar-refractivity contribution in [2.45, 2.75) is 9.92 Å². The lowest BCUT2D eigenvalue weighted by Gasteiger charge is -2.11. The quantitative estimate of drug-likeness (QED) is 0.311. The van der Waals surface area contributed by atoms with Gasteiger partial charge in [-0.25, -0.2) is 4.98 Å². The molecule has 144 valence electrons. The number of benzene rings is 3. The van der Waals surface area contributed by atoms with Gasteiger partial charge in [-0.1, -0.05) is 59.2 Å². The Bertz CT molecular complexity index is 1180. The molecule has 1 heterocycles. The Kier molecular flexibility index (Phi) is 6.21. The van der Waals surface area contributed by atoms with E-state index in [1.807, 2.05) is 54.6 Å². The molecule has 4 rings (SSSR count). The number of halogens is 2. The number of anilines is 2. The van der Waals surface area contributed by atoms with E-state index < -0.39 is 0 Å². The van der Waals surface area contributed by atoms with Crippen LogP contribution in [-0.4, -0.2) is 10.1 Å². The number of nitrogens with zero attached hydrogens (tertiary/aromatic N) is 1. The number of fused-ring (bicyclic) bond motifs is 1. The SMILES string of the molecule is S=C(Nc1ccc(Sc2ccc3ccccc3n2)cc1)Nc1ccc(Cl)c(Cl)c1. The van der Waals surface area contributed by atoms with Crippen LogP contribution >= 0.6 is 47.2 Å². The molecule has 7 heteroatoms. The van der Waals surface area contributed by atoms with Gasteiger partial charge in [0.2, 0.25) is 0 Å². The molecule has 3 aromatic carbocycles. The number of pyridine rings is 1. The predicted molar refractivity (Wildman–Crippen MR) is 129 cm³/mol. The highest BCUT2D eigenvalue weighted by Gasteiger charge is 2.04. The summed E-state index contributed by atoms with van der Waals surface area (Å²) in [6.45, 7) is 0. The predicted octanol–water partition coefficient (Wildman–Crippen LogP) is 7.50. The molecule has 0 radical (unpaired) electrons. The molecular formula is C22H15Cl2N3S2. The zero-order chi connectivity index (χ0) is 20.2. The number of thiocarbonyl (C=S) groups is 1. The second-order valence-electron chi connectivity index (χ2n) is 6.18. The first-order valence-electron chi connectivity index (χ1n) is 8.73. The van der Waals surface area contributed by atoms with Crippen molar-refractivity contribution in [3.05, 3.63) is 88.9 Å². The molecule has 0 unspecified atom stereocenters. The summed E-state index contributed by atoms with van der Waals surface area (Å²) in [6.07, 6.45) is 0. The number of hydrogen-bond donors (Lipinski definition) is 2. The van der Waals surface area contributed by atoms with E-state index in [1.54, 1.807) is 23.9 Å². The van der Waals surface area contributed by atoms with Crippen LogP contribution in [0.1, 0.15) is 0 Å². The van der Waals surface area contributed by atoms with Gasteiger partial charge >= 0.3 is 0 Å². The molecule has 0 saturated heterocycles. The van der Waals surface area contributed by atoms with E-state index >= 15 is 0 Å². The Morgan fingerprint density at radius 1 is 0.793 bits per heavy atom. The van der Waals surface area contributed by atoms with Gasteiger partial charge in [-0.3, -0.25) is 0 Å². The van der Waals surface area contributed by atoms with Crippen molar-refractivity contribution in [1.29, 1.82) is 0 Å². The Morgan fingerprint density at radius 2 is 1.52 bits per heavy atom. The molecule has 0 fully saturated rings. The van der Waals surface area contributed by atoms with Gasteiger partial charge in [0.25, 0.3) is 0 Å². The van der Waals surface area contributed by atoms with E-state index in [4.69, 9.17) is 40.4 Å². The number of para-hydroxylation sites is 1. The van der Waals surface area contributed by atoms with Gasteiger partial charge in [0.05, 0.1) is 15.6 Å². The van der Waals surface area contributed by atoms with E-state index in [0.717, 1.165) is 32.2 Å². The summed E-state index contributed by atoms with van der Waals surface area (Å²) in [5, 5.41) is 9.80. The third-order valence-electron chi connectivity index (χ3n) is 4.08. The standard InChI is InChI=1S/C22H15Cl2N3S2/c23-18-11-8-16(13-19(18)24)26-22(28)25-15-6-9-17(10-7-15)29-21-12-5-14-3-1-2-4-20(14)27-21/h1-13H,(H2,25,26,28). The van der Waals surface area contributed by atoms with Gasteiger partial charge in [0.1, 0.15) is 5.03 Å². The van der Waals surface area contributed by atoms with Gasteiger partial charge < -0.3 is 10.6 Å². The molecule has 1 aromatic heterocycles. The fourth-order valence-corrected chi connectivity index (χ4v) is 4.03. The normalized spacial score (nSPS) is 10.7. The summed E-state index contributed by atoms with van der Waals surface area (Å²) in [6, 6.07) is 25.5. The van der Waals surface area contributed by atoms with Gasteiger partial charge in [0.15, 0.2) is 5.11 Å². The van der Waals surface area contributed by atoms with Crippen LogP contribution < -0.4 is 10.6 Å². The highest BCUT2D eigenvalue weighted by atomic mass is 35.5. The first kappa shape index (κ1) is 20.0. The van der Waals surface area contributed by atoms with Gasteiger partial charge in [-0.2, -0.15) is 0 Å². The summed E-state index contributed by atoms with van der Waals surface area (Å²) >= 11 is 18.9. The lowest BCUT2D eigenvalue weighted by Crippen LogP contribution is -2.18. The molecule has 3 nitrogen and oxygen atoms in total. The number of rotatable bonds is 4. The van der Waals surface area contributed by atoms with Crippen LogP contribution in [0.25, 0.3) is 10.9 Å². The average Bonchev–Trinajstić information content (AvgIpc) is 2.72. The van der Waals surface area contributed by atoms with Crippen LogP contribution in [0.3, 0.4) is 0 Å². The van der Waals surface area contributed by atoms with Gasteiger partial charge in [-0.15, -0.1) is 0 Å². The second kappa shape index (κ2) is 9.01. The summed E-state index contributed by atoms with van der Waals surface area (Å²) in [5.74, 6) is 0. The molecule has 0 aliphatic rings. The highest BCUT2D eigenvalue weighted by Crippen LogP contribution is 2.29. The molecule has 0 saturated carbocycles. The zero-order valence-corrected chi connectivity index (χ0v) is 18.2. The maximum Gasteiger partial charge on any atom is 0.175 e. The molecule has 0 amide bonds. The van der Waals surface area contributed by atoms with E-state index in [1.165, 1.54) is 0 Å². The largest absolute Gasteiger partial charge is 0.332 e. The third kappa shape index (κ3) is 5.19. The maximum atomic E-state index is 6.03. The topological polar surface area (TPSA) is 37.0 Å². The minimum atomic E-state index is 0.472. The number of hydrogen-bond acceptors (Lipinski definition) is 3. The Balaban J connectivity index is 1.39. The molecule has 0 bridgehead atoms. The summed E-state index contributed by atoms with van der Waals surface area (Å²) in [5.41, 5.74) is 2.65.